The van der Waals surface area contributed by atoms with Crippen LogP contribution >= 0.6 is 11.8 Å². The van der Waals surface area contributed by atoms with Gasteiger partial charge in [-0.1, -0.05) is 11.8 Å². The number of carbonyl (C=O) groups is 1. The van der Waals surface area contributed by atoms with Crippen molar-refractivity contribution in [2.75, 3.05) is 23.7 Å². The fourth-order valence-corrected chi connectivity index (χ4v) is 5.23. The highest BCUT2D eigenvalue weighted by molar-refractivity contribution is 7.99. The van der Waals surface area contributed by atoms with Crippen LogP contribution in [0.15, 0.2) is 55.9 Å². The van der Waals surface area contributed by atoms with E-state index in [1.165, 1.54) is 29.6 Å². The van der Waals surface area contributed by atoms with Gasteiger partial charge in [0.25, 0.3) is 5.91 Å². The first-order valence-electron chi connectivity index (χ1n) is 11.1. The Morgan fingerprint density at radius 3 is 2.62 bits per heavy atom. The van der Waals surface area contributed by atoms with Gasteiger partial charge in [0.05, 0.1) is 18.3 Å². The fourth-order valence-electron chi connectivity index (χ4n) is 4.38. The molecule has 1 amide bonds. The molecule has 5 heterocycles. The molecule has 3 aliphatic rings. The zero-order chi connectivity index (χ0) is 21.5. The van der Waals surface area contributed by atoms with Gasteiger partial charge in [0.2, 0.25) is 5.95 Å². The molecule has 3 aromatic rings. The topological polar surface area (TPSA) is 92.9 Å². The van der Waals surface area contributed by atoms with Crippen LogP contribution in [0.25, 0.3) is 0 Å². The molecule has 6 rings (SSSR count). The molecule has 0 N–H and O–H groups in total. The van der Waals surface area contributed by atoms with Crippen molar-refractivity contribution >= 4 is 29.3 Å². The van der Waals surface area contributed by atoms with Gasteiger partial charge < -0.3 is 13.7 Å². The molecule has 2 aliphatic heterocycles. The first kappa shape index (κ1) is 19.7. The molecule has 0 radical (unpaired) electrons. The second-order valence-corrected chi connectivity index (χ2v) is 9.31. The van der Waals surface area contributed by atoms with E-state index in [0.717, 1.165) is 42.7 Å². The summed E-state index contributed by atoms with van der Waals surface area (Å²) in [5.74, 6) is 2.48. The number of thioether (sulfide) groups is 1. The van der Waals surface area contributed by atoms with Crippen LogP contribution in [0.3, 0.4) is 0 Å². The molecule has 0 spiro atoms. The molecule has 32 heavy (non-hydrogen) atoms. The molecular formula is C22H24N6O3S. The molecule has 0 aromatic carbocycles. The molecule has 2 fully saturated rings. The molecular weight excluding hydrogens is 428 g/mol. The summed E-state index contributed by atoms with van der Waals surface area (Å²) in [6.45, 7) is 2.05. The Morgan fingerprint density at radius 2 is 1.91 bits per heavy atom. The van der Waals surface area contributed by atoms with Crippen molar-refractivity contribution in [2.24, 2.45) is 5.10 Å². The smallest absolute Gasteiger partial charge is 0.253 e. The molecule has 1 aliphatic carbocycles. The van der Waals surface area contributed by atoms with Crippen LogP contribution in [0, 0.1) is 0 Å². The summed E-state index contributed by atoms with van der Waals surface area (Å²) in [6.07, 6.45) is 8.45. The van der Waals surface area contributed by atoms with E-state index in [1.54, 1.807) is 12.5 Å². The highest BCUT2D eigenvalue weighted by Crippen LogP contribution is 2.42. The lowest BCUT2D eigenvalue weighted by atomic mass is 10.1. The first-order chi connectivity index (χ1) is 15.8. The number of hydrogen-bond acceptors (Lipinski definition) is 8. The van der Waals surface area contributed by atoms with Crippen LogP contribution in [-0.4, -0.2) is 50.2 Å². The van der Waals surface area contributed by atoms with Crippen LogP contribution in [0.2, 0.25) is 0 Å². The number of carbonyl (C=O) groups excluding carboxylic acids is 1. The Hall–Kier alpha value is -3.01. The Bertz CT molecular complexity index is 1110. The van der Waals surface area contributed by atoms with E-state index in [0.29, 0.717) is 24.0 Å². The molecule has 0 bridgehead atoms. The number of amides is 1. The summed E-state index contributed by atoms with van der Waals surface area (Å²) in [4.78, 5) is 15.6. The molecule has 1 atom stereocenters. The standard InChI is InChI=1S/C22H24N6O3S/c29-20(14-32-22-24-23-21(26-9-1-2-10-26)27(22)15-7-8-15)28-17(19-6-4-12-31-19)13-16(25-28)18-5-3-11-30-18/h3-6,11-12,15,17H,1-2,7-10,13-14H2. The summed E-state index contributed by atoms with van der Waals surface area (Å²) in [7, 11) is 0. The van der Waals surface area contributed by atoms with E-state index in [2.05, 4.69) is 24.8 Å². The number of hydrazone groups is 1. The van der Waals surface area contributed by atoms with E-state index in [9.17, 15) is 4.79 Å². The van der Waals surface area contributed by atoms with Gasteiger partial charge in [0.15, 0.2) is 5.16 Å². The minimum absolute atomic E-state index is 0.0916. The summed E-state index contributed by atoms with van der Waals surface area (Å²) in [6, 6.07) is 7.56. The Kier molecular flexibility index (Phi) is 5.01. The van der Waals surface area contributed by atoms with E-state index in [-0.39, 0.29) is 17.7 Å². The highest BCUT2D eigenvalue weighted by Gasteiger charge is 2.37. The molecule has 9 nitrogen and oxygen atoms in total. The van der Waals surface area contributed by atoms with Crippen molar-refractivity contribution < 1.29 is 13.6 Å². The average molecular weight is 453 g/mol. The van der Waals surface area contributed by atoms with E-state index in [1.807, 2.05) is 24.3 Å². The molecule has 3 aromatic heterocycles. The molecule has 1 saturated heterocycles. The lowest BCUT2D eigenvalue weighted by Crippen LogP contribution is -2.28. The third-order valence-electron chi connectivity index (χ3n) is 6.12. The minimum Gasteiger partial charge on any atom is -0.467 e. The Balaban J connectivity index is 1.21. The maximum absolute atomic E-state index is 13.3. The van der Waals surface area contributed by atoms with Crippen molar-refractivity contribution in [2.45, 2.75) is 49.3 Å². The Morgan fingerprint density at radius 1 is 1.09 bits per heavy atom. The summed E-state index contributed by atoms with van der Waals surface area (Å²) >= 11 is 1.44. The van der Waals surface area contributed by atoms with Gasteiger partial charge >= 0.3 is 0 Å². The van der Waals surface area contributed by atoms with E-state index < -0.39 is 0 Å². The second kappa shape index (κ2) is 8.16. The van der Waals surface area contributed by atoms with Gasteiger partial charge in [-0.15, -0.1) is 10.2 Å². The lowest BCUT2D eigenvalue weighted by molar-refractivity contribution is -0.130. The second-order valence-electron chi connectivity index (χ2n) is 8.36. The number of aromatic nitrogens is 3. The summed E-state index contributed by atoms with van der Waals surface area (Å²) in [5, 5.41) is 15.9. The average Bonchev–Trinajstić information content (AvgIpc) is 3.45. The van der Waals surface area contributed by atoms with E-state index >= 15 is 0 Å². The maximum atomic E-state index is 13.3. The van der Waals surface area contributed by atoms with Crippen LogP contribution in [0.5, 0.6) is 0 Å². The van der Waals surface area contributed by atoms with Gasteiger partial charge in [-0.3, -0.25) is 9.36 Å². The summed E-state index contributed by atoms with van der Waals surface area (Å²) < 4.78 is 13.3. The highest BCUT2D eigenvalue weighted by atomic mass is 32.2. The molecule has 1 unspecified atom stereocenters. The predicted molar refractivity (Wildman–Crippen MR) is 119 cm³/mol. The normalized spacial score (nSPS) is 20.9. The van der Waals surface area contributed by atoms with Crippen molar-refractivity contribution in [1.82, 2.24) is 19.8 Å². The van der Waals surface area contributed by atoms with Crippen molar-refractivity contribution in [3.05, 3.63) is 48.3 Å². The zero-order valence-electron chi connectivity index (χ0n) is 17.6. The quantitative estimate of drug-likeness (QED) is 0.503. The lowest BCUT2D eigenvalue weighted by Gasteiger charge is -2.20. The SMILES string of the molecule is O=C(CSc1nnc(N2CCCC2)n1C1CC1)N1N=C(c2ccco2)CC1c1ccco1. The van der Waals surface area contributed by atoms with Crippen LogP contribution in [0.4, 0.5) is 5.95 Å². The zero-order valence-corrected chi connectivity index (χ0v) is 18.4. The monoisotopic (exact) mass is 452 g/mol. The van der Waals surface area contributed by atoms with Crippen LogP contribution < -0.4 is 4.90 Å². The number of hydrogen-bond donors (Lipinski definition) is 0. The van der Waals surface area contributed by atoms with Gasteiger partial charge in [-0.05, 0) is 49.9 Å². The molecule has 10 heteroatoms. The van der Waals surface area contributed by atoms with Gasteiger partial charge in [0, 0.05) is 25.6 Å². The van der Waals surface area contributed by atoms with Crippen molar-refractivity contribution in [3.63, 3.8) is 0 Å². The van der Waals surface area contributed by atoms with Crippen LogP contribution in [0.1, 0.15) is 55.7 Å². The molecule has 166 valence electrons. The number of furan rings is 2. The van der Waals surface area contributed by atoms with Crippen molar-refractivity contribution in [3.8, 4) is 0 Å². The van der Waals surface area contributed by atoms with Crippen LogP contribution in [-0.2, 0) is 4.79 Å². The number of nitrogens with zero attached hydrogens (tertiary/aromatic N) is 6. The minimum atomic E-state index is -0.278. The first-order valence-corrected chi connectivity index (χ1v) is 12.1. The number of anilines is 1. The van der Waals surface area contributed by atoms with Gasteiger partial charge in [-0.25, -0.2) is 5.01 Å². The van der Waals surface area contributed by atoms with E-state index in [4.69, 9.17) is 8.83 Å². The maximum Gasteiger partial charge on any atom is 0.253 e. The fraction of sp³-hybridized carbons (Fsp3) is 0.455. The van der Waals surface area contributed by atoms with Gasteiger partial charge in [-0.2, -0.15) is 5.10 Å². The van der Waals surface area contributed by atoms with Gasteiger partial charge in [0.1, 0.15) is 23.3 Å². The number of rotatable bonds is 7. The largest absolute Gasteiger partial charge is 0.467 e. The molecule has 1 saturated carbocycles. The Labute approximate surface area is 189 Å². The van der Waals surface area contributed by atoms with Crippen molar-refractivity contribution in [1.29, 1.82) is 0 Å². The third kappa shape index (κ3) is 3.62. The summed E-state index contributed by atoms with van der Waals surface area (Å²) in [5.41, 5.74) is 0.743. The predicted octanol–water partition coefficient (Wildman–Crippen LogP) is 3.87. The third-order valence-corrected chi connectivity index (χ3v) is 7.04.